The van der Waals surface area contributed by atoms with E-state index in [4.69, 9.17) is 9.47 Å². The zero-order valence-corrected chi connectivity index (χ0v) is 18.8. The van der Waals surface area contributed by atoms with Crippen molar-refractivity contribution in [2.24, 2.45) is 5.41 Å². The molecule has 0 bridgehead atoms. The molecule has 0 heterocycles. The van der Waals surface area contributed by atoms with Crippen LogP contribution in [0.5, 0.6) is 0 Å². The van der Waals surface area contributed by atoms with E-state index in [0.29, 0.717) is 0 Å². The molecule has 3 aromatic rings. The zero-order valence-electron chi connectivity index (χ0n) is 18.8. The molecular weight excluding hydrogens is 424 g/mol. The van der Waals surface area contributed by atoms with Crippen molar-refractivity contribution < 1.29 is 19.1 Å². The maximum Gasteiger partial charge on any atom is 0.328 e. The summed E-state index contributed by atoms with van der Waals surface area (Å²) in [6, 6.07) is 28.7. The van der Waals surface area contributed by atoms with Gasteiger partial charge in [0.25, 0.3) is 0 Å². The predicted octanol–water partition coefficient (Wildman–Crippen LogP) is 6.06. The van der Waals surface area contributed by atoms with E-state index >= 15 is 0 Å². The van der Waals surface area contributed by atoms with Gasteiger partial charge in [-0.3, -0.25) is 9.59 Å². The predicted molar refractivity (Wildman–Crippen MR) is 132 cm³/mol. The third-order valence-corrected chi connectivity index (χ3v) is 5.64. The molecule has 0 spiro atoms. The Labute approximate surface area is 199 Å². The summed E-state index contributed by atoms with van der Waals surface area (Å²) < 4.78 is 11.1. The number of rotatable bonds is 8. The second kappa shape index (κ2) is 11.1. The van der Waals surface area contributed by atoms with E-state index in [-0.39, 0.29) is 19.6 Å². The van der Waals surface area contributed by atoms with Gasteiger partial charge in [-0.15, -0.1) is 0 Å². The van der Waals surface area contributed by atoms with E-state index in [1.165, 1.54) is 0 Å². The van der Waals surface area contributed by atoms with E-state index in [9.17, 15) is 9.59 Å². The maximum absolute atomic E-state index is 13.2. The van der Waals surface area contributed by atoms with Crippen LogP contribution in [-0.2, 0) is 32.3 Å². The van der Waals surface area contributed by atoms with Crippen molar-refractivity contribution in [1.82, 2.24) is 0 Å². The van der Waals surface area contributed by atoms with Gasteiger partial charge in [0, 0.05) is 0 Å². The van der Waals surface area contributed by atoms with Crippen LogP contribution in [0.1, 0.15) is 23.1 Å². The lowest BCUT2D eigenvalue weighted by atomic mass is 9.79. The topological polar surface area (TPSA) is 52.6 Å². The highest BCUT2D eigenvalue weighted by Crippen LogP contribution is 2.34. The molecule has 0 N–H and O–H groups in total. The minimum atomic E-state index is -1.52. The standard InChI is InChI=1S/C30H26O4/c31-28(33-22-26-12-6-2-7-13-26)30(29(32)34-23-27-14-8-3-9-15-27)20-18-25(19-21-30)17-16-24-10-4-1-5-11-24/h1-20H,21-23H2. The average molecular weight is 451 g/mol. The molecule has 1 aliphatic rings. The fourth-order valence-corrected chi connectivity index (χ4v) is 3.62. The molecular formula is C30H26O4. The van der Waals surface area contributed by atoms with Gasteiger partial charge in [0.15, 0.2) is 5.41 Å². The van der Waals surface area contributed by atoms with Gasteiger partial charge < -0.3 is 9.47 Å². The van der Waals surface area contributed by atoms with Crippen LogP contribution >= 0.6 is 0 Å². The summed E-state index contributed by atoms with van der Waals surface area (Å²) in [5.41, 5.74) is 2.16. The second-order valence-electron chi connectivity index (χ2n) is 8.08. The molecule has 0 saturated heterocycles. The van der Waals surface area contributed by atoms with Crippen molar-refractivity contribution in [3.8, 4) is 0 Å². The maximum atomic E-state index is 13.2. The first kappa shape index (κ1) is 23.0. The van der Waals surface area contributed by atoms with Crippen LogP contribution in [-0.4, -0.2) is 11.9 Å². The van der Waals surface area contributed by atoms with Gasteiger partial charge in [0.1, 0.15) is 13.2 Å². The number of esters is 2. The van der Waals surface area contributed by atoms with Gasteiger partial charge >= 0.3 is 11.9 Å². The highest BCUT2D eigenvalue weighted by Gasteiger charge is 2.47. The molecule has 170 valence electrons. The Balaban J connectivity index is 1.50. The molecule has 0 radical (unpaired) electrons. The van der Waals surface area contributed by atoms with E-state index < -0.39 is 17.4 Å². The molecule has 0 aliphatic heterocycles. The number of carbonyl (C=O) groups excluding carboxylic acids is 2. The van der Waals surface area contributed by atoms with Crippen molar-refractivity contribution in [2.75, 3.05) is 0 Å². The van der Waals surface area contributed by atoms with Gasteiger partial charge in [-0.1, -0.05) is 121 Å². The lowest BCUT2D eigenvalue weighted by Gasteiger charge is -2.27. The summed E-state index contributed by atoms with van der Waals surface area (Å²) >= 11 is 0. The summed E-state index contributed by atoms with van der Waals surface area (Å²) in [5.74, 6) is -1.24. The number of ether oxygens (including phenoxy) is 2. The monoisotopic (exact) mass is 450 g/mol. The summed E-state index contributed by atoms with van der Waals surface area (Å²) in [7, 11) is 0. The van der Waals surface area contributed by atoms with Gasteiger partial charge in [-0.2, -0.15) is 0 Å². The highest BCUT2D eigenvalue weighted by atomic mass is 16.6. The normalized spacial score (nSPS) is 14.4. The Morgan fingerprint density at radius 2 is 1.21 bits per heavy atom. The van der Waals surface area contributed by atoms with E-state index in [2.05, 4.69) is 0 Å². The second-order valence-corrected chi connectivity index (χ2v) is 8.08. The number of hydrogen-bond acceptors (Lipinski definition) is 4. The molecule has 0 aromatic heterocycles. The SMILES string of the molecule is O=C(OCc1ccccc1)C1(C(=O)OCc2ccccc2)C=CC(C=Cc2ccccc2)=CC1. The van der Waals surface area contributed by atoms with E-state index in [1.807, 2.05) is 109 Å². The van der Waals surface area contributed by atoms with Crippen molar-refractivity contribution >= 4 is 18.0 Å². The molecule has 4 heteroatoms. The van der Waals surface area contributed by atoms with Crippen LogP contribution < -0.4 is 0 Å². The van der Waals surface area contributed by atoms with Gasteiger partial charge in [0.2, 0.25) is 0 Å². The first-order valence-electron chi connectivity index (χ1n) is 11.2. The Bertz CT molecular complexity index is 1140. The van der Waals surface area contributed by atoms with Crippen LogP contribution in [0.4, 0.5) is 0 Å². The minimum Gasteiger partial charge on any atom is -0.460 e. The molecule has 3 aromatic carbocycles. The molecule has 0 unspecified atom stereocenters. The molecule has 0 atom stereocenters. The minimum absolute atomic E-state index is 0.0890. The van der Waals surface area contributed by atoms with Crippen LogP contribution in [0.25, 0.3) is 6.08 Å². The Morgan fingerprint density at radius 1 is 0.706 bits per heavy atom. The number of benzene rings is 3. The van der Waals surface area contributed by atoms with Crippen molar-refractivity contribution in [2.45, 2.75) is 19.6 Å². The zero-order chi connectivity index (χ0) is 23.6. The Hall–Kier alpha value is -4.18. The summed E-state index contributed by atoms with van der Waals surface area (Å²) in [6.07, 6.45) is 9.37. The number of carbonyl (C=O) groups is 2. The Morgan fingerprint density at radius 3 is 1.68 bits per heavy atom. The summed E-state index contributed by atoms with van der Waals surface area (Å²) in [4.78, 5) is 26.4. The fourth-order valence-electron chi connectivity index (χ4n) is 3.62. The molecule has 4 nitrogen and oxygen atoms in total. The van der Waals surface area contributed by atoms with E-state index in [0.717, 1.165) is 22.3 Å². The Kier molecular flexibility index (Phi) is 7.51. The molecule has 34 heavy (non-hydrogen) atoms. The van der Waals surface area contributed by atoms with Gasteiger partial charge in [-0.05, 0) is 28.7 Å². The molecule has 1 aliphatic carbocycles. The molecule has 0 fully saturated rings. The lowest BCUT2D eigenvalue weighted by Crippen LogP contribution is -2.41. The van der Waals surface area contributed by atoms with Crippen LogP contribution in [0.2, 0.25) is 0 Å². The summed E-state index contributed by atoms with van der Waals surface area (Å²) in [6.45, 7) is 0.178. The van der Waals surface area contributed by atoms with Crippen molar-refractivity contribution in [1.29, 1.82) is 0 Å². The third-order valence-electron chi connectivity index (χ3n) is 5.64. The fraction of sp³-hybridized carbons (Fsp3) is 0.133. The van der Waals surface area contributed by atoms with Crippen LogP contribution in [0.3, 0.4) is 0 Å². The first-order valence-corrected chi connectivity index (χ1v) is 11.2. The van der Waals surface area contributed by atoms with Gasteiger partial charge in [0.05, 0.1) is 0 Å². The lowest BCUT2D eigenvalue weighted by molar-refractivity contribution is -0.170. The quantitative estimate of drug-likeness (QED) is 0.309. The first-order chi connectivity index (χ1) is 16.7. The van der Waals surface area contributed by atoms with E-state index in [1.54, 1.807) is 12.2 Å². The molecule has 0 amide bonds. The largest absolute Gasteiger partial charge is 0.460 e. The molecule has 0 saturated carbocycles. The number of hydrogen-bond donors (Lipinski definition) is 0. The third kappa shape index (κ3) is 5.78. The smallest absolute Gasteiger partial charge is 0.328 e. The summed E-state index contributed by atoms with van der Waals surface area (Å²) in [5, 5.41) is 0. The highest BCUT2D eigenvalue weighted by molar-refractivity contribution is 6.03. The average Bonchev–Trinajstić information content (AvgIpc) is 2.91. The van der Waals surface area contributed by atoms with Crippen LogP contribution in [0, 0.1) is 5.41 Å². The van der Waals surface area contributed by atoms with Gasteiger partial charge in [-0.25, -0.2) is 0 Å². The van der Waals surface area contributed by atoms with Crippen LogP contribution in [0.15, 0.2) is 121 Å². The van der Waals surface area contributed by atoms with Crippen molar-refractivity contribution in [3.63, 3.8) is 0 Å². The molecule has 4 rings (SSSR count). The van der Waals surface area contributed by atoms with Crippen molar-refractivity contribution in [3.05, 3.63) is 138 Å². The number of allylic oxidation sites excluding steroid dienone is 4.